The Morgan fingerprint density at radius 1 is 1.43 bits per heavy atom. The summed E-state index contributed by atoms with van der Waals surface area (Å²) in [6.07, 6.45) is 0. The molecule has 2 N–H and O–H groups in total. The maximum absolute atomic E-state index is 11.5. The fourth-order valence-corrected chi connectivity index (χ4v) is 2.33. The van der Waals surface area contributed by atoms with Gasteiger partial charge in [-0.2, -0.15) is 9.90 Å². The quantitative estimate of drug-likeness (QED) is 0.650. The van der Waals surface area contributed by atoms with Crippen LogP contribution >= 0.6 is 15.9 Å². The van der Waals surface area contributed by atoms with E-state index in [4.69, 9.17) is 15.2 Å². The van der Waals surface area contributed by atoms with Crippen LogP contribution < -0.4 is 10.5 Å². The lowest BCUT2D eigenvalue weighted by atomic mass is 10.1. The van der Waals surface area contributed by atoms with Crippen LogP contribution in [0.15, 0.2) is 22.8 Å². The number of anilines is 1. The molecular formula is C13H15BrN4O3. The molecule has 2 aromatic rings. The molecule has 0 aliphatic carbocycles. The second kappa shape index (κ2) is 6.57. The van der Waals surface area contributed by atoms with Gasteiger partial charge in [-0.05, 0) is 35.0 Å². The standard InChI is InChI=1S/C13H15BrN4O3/c1-3-21-10(19)7-18-16-11(13(14)17-18)8-5-4-6-9(15)12(8)20-2/h4-6H,3,7,15H2,1-2H3. The number of hydrogen-bond donors (Lipinski definition) is 1. The molecule has 0 aliphatic rings. The number of carbonyl (C=O) groups excluding carboxylic acids is 1. The molecule has 0 amide bonds. The molecule has 2 rings (SSSR count). The first kappa shape index (κ1) is 15.3. The van der Waals surface area contributed by atoms with Crippen molar-refractivity contribution in [1.29, 1.82) is 0 Å². The lowest BCUT2D eigenvalue weighted by Crippen LogP contribution is -2.15. The van der Waals surface area contributed by atoms with Gasteiger partial charge >= 0.3 is 5.97 Å². The first-order valence-electron chi connectivity index (χ1n) is 6.26. The van der Waals surface area contributed by atoms with Crippen LogP contribution in [0.4, 0.5) is 5.69 Å². The Hall–Kier alpha value is -2.09. The summed E-state index contributed by atoms with van der Waals surface area (Å²) in [5.41, 5.74) is 7.62. The SMILES string of the molecule is CCOC(=O)Cn1nc(Br)c(-c2cccc(N)c2OC)n1. The Morgan fingerprint density at radius 2 is 2.19 bits per heavy atom. The number of aromatic nitrogens is 3. The predicted molar refractivity (Wildman–Crippen MR) is 80.8 cm³/mol. The van der Waals surface area contributed by atoms with Crippen LogP contribution in [-0.2, 0) is 16.1 Å². The van der Waals surface area contributed by atoms with E-state index in [2.05, 4.69) is 26.1 Å². The minimum atomic E-state index is -0.397. The molecule has 1 heterocycles. The summed E-state index contributed by atoms with van der Waals surface area (Å²) in [7, 11) is 1.53. The molecule has 0 fully saturated rings. The third-order valence-corrected chi connectivity index (χ3v) is 3.23. The maximum atomic E-state index is 11.5. The molecule has 1 aromatic heterocycles. The van der Waals surface area contributed by atoms with Gasteiger partial charge in [0.05, 0.1) is 19.4 Å². The molecule has 0 spiro atoms. The Bertz CT molecular complexity index is 657. The van der Waals surface area contributed by atoms with Crippen LogP contribution in [0.3, 0.4) is 0 Å². The molecule has 0 radical (unpaired) electrons. The summed E-state index contributed by atoms with van der Waals surface area (Å²) in [5.74, 6) is 0.118. The topological polar surface area (TPSA) is 92.3 Å². The highest BCUT2D eigenvalue weighted by atomic mass is 79.9. The second-order valence-electron chi connectivity index (χ2n) is 4.10. The smallest absolute Gasteiger partial charge is 0.329 e. The van der Waals surface area contributed by atoms with Crippen molar-refractivity contribution in [3.63, 3.8) is 0 Å². The Kier molecular flexibility index (Phi) is 4.79. The first-order valence-corrected chi connectivity index (χ1v) is 7.05. The first-order chi connectivity index (χ1) is 10.1. The van der Waals surface area contributed by atoms with Crippen LogP contribution in [0.1, 0.15) is 6.92 Å². The maximum Gasteiger partial charge on any atom is 0.329 e. The van der Waals surface area contributed by atoms with Crippen molar-refractivity contribution in [2.75, 3.05) is 19.5 Å². The largest absolute Gasteiger partial charge is 0.494 e. The monoisotopic (exact) mass is 354 g/mol. The summed E-state index contributed by atoms with van der Waals surface area (Å²) < 4.78 is 10.7. The van der Waals surface area contributed by atoms with Crippen molar-refractivity contribution >= 4 is 27.6 Å². The van der Waals surface area contributed by atoms with Crippen molar-refractivity contribution in [3.05, 3.63) is 22.8 Å². The van der Waals surface area contributed by atoms with Crippen molar-refractivity contribution < 1.29 is 14.3 Å². The minimum absolute atomic E-state index is 0.0585. The van der Waals surface area contributed by atoms with Crippen LogP contribution in [0.25, 0.3) is 11.3 Å². The summed E-state index contributed by atoms with van der Waals surface area (Å²) >= 11 is 3.33. The fraction of sp³-hybridized carbons (Fsp3) is 0.308. The van der Waals surface area contributed by atoms with Gasteiger partial charge in [0.1, 0.15) is 5.69 Å². The molecule has 0 saturated heterocycles. The normalized spacial score (nSPS) is 10.4. The van der Waals surface area contributed by atoms with Gasteiger partial charge in [0.25, 0.3) is 0 Å². The lowest BCUT2D eigenvalue weighted by Gasteiger charge is -2.08. The Balaban J connectivity index is 2.36. The van der Waals surface area contributed by atoms with Crippen LogP contribution in [0.5, 0.6) is 5.75 Å². The average molecular weight is 355 g/mol. The number of esters is 1. The number of para-hydroxylation sites is 1. The zero-order chi connectivity index (χ0) is 15.4. The van der Waals surface area contributed by atoms with Crippen molar-refractivity contribution in [1.82, 2.24) is 15.0 Å². The molecular weight excluding hydrogens is 340 g/mol. The number of halogens is 1. The average Bonchev–Trinajstić information content (AvgIpc) is 2.79. The van der Waals surface area contributed by atoms with Crippen LogP contribution in [0, 0.1) is 0 Å². The molecule has 0 aliphatic heterocycles. The van der Waals surface area contributed by atoms with Crippen molar-refractivity contribution in [3.8, 4) is 17.0 Å². The number of rotatable bonds is 5. The van der Waals surface area contributed by atoms with Crippen molar-refractivity contribution in [2.24, 2.45) is 0 Å². The number of carbonyl (C=O) groups is 1. The van der Waals surface area contributed by atoms with E-state index in [1.807, 2.05) is 6.07 Å². The number of nitrogen functional groups attached to an aromatic ring is 1. The second-order valence-corrected chi connectivity index (χ2v) is 4.85. The summed E-state index contributed by atoms with van der Waals surface area (Å²) in [6.45, 7) is 2.00. The number of nitrogens with two attached hydrogens (primary N) is 1. The number of ether oxygens (including phenoxy) is 2. The van der Waals surface area contributed by atoms with E-state index in [0.29, 0.717) is 33.9 Å². The van der Waals surface area contributed by atoms with Gasteiger partial charge in [-0.1, -0.05) is 6.07 Å². The van der Waals surface area contributed by atoms with Gasteiger partial charge < -0.3 is 15.2 Å². The molecule has 0 unspecified atom stereocenters. The highest BCUT2D eigenvalue weighted by molar-refractivity contribution is 9.10. The van der Waals surface area contributed by atoms with E-state index in [1.165, 1.54) is 11.9 Å². The van der Waals surface area contributed by atoms with Gasteiger partial charge in [0.2, 0.25) is 0 Å². The van der Waals surface area contributed by atoms with E-state index >= 15 is 0 Å². The highest BCUT2D eigenvalue weighted by Crippen LogP contribution is 2.36. The summed E-state index contributed by atoms with van der Waals surface area (Å²) in [6, 6.07) is 5.35. The molecule has 1 aromatic carbocycles. The van der Waals surface area contributed by atoms with Crippen molar-refractivity contribution in [2.45, 2.75) is 13.5 Å². The molecule has 0 atom stereocenters. The molecule has 0 saturated carbocycles. The molecule has 21 heavy (non-hydrogen) atoms. The van der Waals surface area contributed by atoms with Gasteiger partial charge in [-0.15, -0.1) is 5.10 Å². The van der Waals surface area contributed by atoms with Gasteiger partial charge in [-0.3, -0.25) is 0 Å². The number of benzene rings is 1. The Morgan fingerprint density at radius 3 is 2.86 bits per heavy atom. The molecule has 0 bridgehead atoms. The molecule has 7 nitrogen and oxygen atoms in total. The van der Waals surface area contributed by atoms with Gasteiger partial charge in [0.15, 0.2) is 16.9 Å². The highest BCUT2D eigenvalue weighted by Gasteiger charge is 2.18. The third-order valence-electron chi connectivity index (χ3n) is 2.69. The number of nitrogens with zero attached hydrogens (tertiary/aromatic N) is 3. The lowest BCUT2D eigenvalue weighted by molar-refractivity contribution is -0.144. The van der Waals surface area contributed by atoms with Gasteiger partial charge in [-0.25, -0.2) is 4.79 Å². The van der Waals surface area contributed by atoms with Crippen LogP contribution in [-0.4, -0.2) is 34.7 Å². The van der Waals surface area contributed by atoms with E-state index in [0.717, 1.165) is 0 Å². The van der Waals surface area contributed by atoms with E-state index in [1.54, 1.807) is 19.1 Å². The number of methoxy groups -OCH3 is 1. The zero-order valence-corrected chi connectivity index (χ0v) is 13.3. The molecule has 112 valence electrons. The fourth-order valence-electron chi connectivity index (χ4n) is 1.85. The number of hydrogen-bond acceptors (Lipinski definition) is 6. The van der Waals surface area contributed by atoms with E-state index < -0.39 is 5.97 Å². The summed E-state index contributed by atoms with van der Waals surface area (Å²) in [5, 5.41) is 8.41. The van der Waals surface area contributed by atoms with E-state index in [9.17, 15) is 4.79 Å². The predicted octanol–water partition coefficient (Wildman–Crippen LogP) is 1.86. The summed E-state index contributed by atoms with van der Waals surface area (Å²) in [4.78, 5) is 12.7. The minimum Gasteiger partial charge on any atom is -0.494 e. The molecule has 8 heteroatoms. The Labute approximate surface area is 130 Å². The van der Waals surface area contributed by atoms with Crippen LogP contribution in [0.2, 0.25) is 0 Å². The zero-order valence-electron chi connectivity index (χ0n) is 11.7. The van der Waals surface area contributed by atoms with Gasteiger partial charge in [0, 0.05) is 5.56 Å². The van der Waals surface area contributed by atoms with E-state index in [-0.39, 0.29) is 6.54 Å². The third kappa shape index (κ3) is 3.33.